The summed E-state index contributed by atoms with van der Waals surface area (Å²) in [4.78, 5) is 13.0. The van der Waals surface area contributed by atoms with Gasteiger partial charge in [-0.05, 0) is 60.9 Å². The Kier molecular flexibility index (Phi) is 8.80. The molecule has 0 radical (unpaired) electrons. The van der Waals surface area contributed by atoms with Crippen molar-refractivity contribution in [1.82, 2.24) is 0 Å². The minimum atomic E-state index is -1.16. The molecule has 0 spiro atoms. The number of anilines is 2. The predicted molar refractivity (Wildman–Crippen MR) is 104 cm³/mol. The molecule has 6 heteroatoms. The van der Waals surface area contributed by atoms with Crippen LogP contribution in [0, 0.1) is 5.82 Å². The zero-order valence-corrected chi connectivity index (χ0v) is 18.8. The van der Waals surface area contributed by atoms with Crippen molar-refractivity contribution in [3.8, 4) is 0 Å². The quantitative estimate of drug-likeness (QED) is 0.656. The number of para-hydroxylation sites is 1. The molecule has 1 aliphatic heterocycles. The third kappa shape index (κ3) is 5.72. The van der Waals surface area contributed by atoms with Crippen LogP contribution in [0.15, 0.2) is 36.4 Å². The van der Waals surface area contributed by atoms with Crippen molar-refractivity contribution in [3.05, 3.63) is 58.9 Å². The average Bonchev–Trinajstić information content (AvgIpc) is 2.66. The van der Waals surface area contributed by atoms with Crippen molar-refractivity contribution in [2.45, 2.75) is 45.6 Å². The summed E-state index contributed by atoms with van der Waals surface area (Å²) < 4.78 is 14.2. The maximum Gasteiger partial charge on any atom is 1.00 e. The summed E-state index contributed by atoms with van der Waals surface area (Å²) in [5.74, 6) is -1.52. The topological polar surface area (TPSA) is 55.4 Å². The summed E-state index contributed by atoms with van der Waals surface area (Å²) in [5, 5.41) is 14.0. The number of benzene rings is 2. The molecule has 0 unspecified atom stereocenters. The van der Waals surface area contributed by atoms with Crippen molar-refractivity contribution in [2.75, 3.05) is 23.3 Å². The fraction of sp³-hybridized carbons (Fsp3) is 0.409. The van der Waals surface area contributed by atoms with Gasteiger partial charge in [0.2, 0.25) is 0 Å². The zero-order chi connectivity index (χ0) is 19.2. The molecule has 2 aromatic carbocycles. The van der Waals surface area contributed by atoms with Crippen molar-refractivity contribution in [1.29, 1.82) is 0 Å². The van der Waals surface area contributed by atoms with Gasteiger partial charge >= 0.3 is 29.6 Å². The van der Waals surface area contributed by atoms with Gasteiger partial charge in [0.15, 0.2) is 0 Å². The van der Waals surface area contributed by atoms with E-state index < -0.39 is 5.97 Å². The van der Waals surface area contributed by atoms with Gasteiger partial charge in [-0.25, -0.2) is 4.39 Å². The number of fused-ring (bicyclic) bond motifs is 1. The zero-order valence-electron chi connectivity index (χ0n) is 16.8. The Bertz CT molecular complexity index is 813. The van der Waals surface area contributed by atoms with E-state index >= 15 is 0 Å². The molecule has 0 amide bonds. The van der Waals surface area contributed by atoms with Gasteiger partial charge in [0.05, 0.1) is 11.4 Å². The molecule has 4 nitrogen and oxygen atoms in total. The number of hydrogen-bond donors (Lipinski definition) is 1. The first-order valence-corrected chi connectivity index (χ1v) is 9.66. The Hall–Kier alpha value is -1.56. The third-order valence-electron chi connectivity index (χ3n) is 5.00. The summed E-state index contributed by atoms with van der Waals surface area (Å²) in [6, 6.07) is 11.3. The minimum Gasteiger partial charge on any atom is -0.550 e. The van der Waals surface area contributed by atoms with Gasteiger partial charge < -0.3 is 20.1 Å². The van der Waals surface area contributed by atoms with E-state index in [1.54, 1.807) is 6.07 Å². The third-order valence-corrected chi connectivity index (χ3v) is 5.00. The summed E-state index contributed by atoms with van der Waals surface area (Å²) in [6.07, 6.45) is 3.35. The number of hydrogen-bond acceptors (Lipinski definition) is 4. The number of carboxylic acids is 1. The SMILES string of the molecule is CCCN1CCCc2cccc(NCc3ccc(CCC(=O)[O-])c(F)c3)c21.[Na+]. The number of nitrogens with one attached hydrogen (secondary N) is 1. The van der Waals surface area contributed by atoms with E-state index in [1.807, 2.05) is 6.07 Å². The second-order valence-corrected chi connectivity index (χ2v) is 7.06. The van der Waals surface area contributed by atoms with Crippen LogP contribution in [0.2, 0.25) is 0 Å². The molecule has 2 aromatic rings. The molecule has 1 N–H and O–H groups in total. The first-order valence-electron chi connectivity index (χ1n) is 9.66. The van der Waals surface area contributed by atoms with Crippen LogP contribution in [-0.2, 0) is 24.2 Å². The second kappa shape index (κ2) is 10.8. The Morgan fingerprint density at radius 1 is 1.29 bits per heavy atom. The molecule has 0 atom stereocenters. The van der Waals surface area contributed by atoms with Crippen LogP contribution in [0.4, 0.5) is 15.8 Å². The summed E-state index contributed by atoms with van der Waals surface area (Å²) >= 11 is 0. The number of carboxylic acid groups (broad SMARTS) is 1. The van der Waals surface area contributed by atoms with E-state index in [4.69, 9.17) is 0 Å². The standard InChI is InChI=1S/C22H27FN2O2.Na/c1-2-12-25-13-4-6-18-5-3-7-20(22(18)25)24-15-16-8-9-17(19(23)14-16)10-11-21(26)27;/h3,5,7-9,14,24H,2,4,6,10-13,15H2,1H3,(H,26,27);/q;+1/p-1. The molecule has 0 aromatic heterocycles. The van der Waals surface area contributed by atoms with Crippen LogP contribution in [0.1, 0.15) is 42.9 Å². The number of carbonyl (C=O) groups is 1. The van der Waals surface area contributed by atoms with Crippen LogP contribution in [0.3, 0.4) is 0 Å². The number of halogens is 1. The average molecular weight is 392 g/mol. The van der Waals surface area contributed by atoms with Crippen molar-refractivity contribution in [3.63, 3.8) is 0 Å². The van der Waals surface area contributed by atoms with Gasteiger partial charge in [0, 0.05) is 25.6 Å². The van der Waals surface area contributed by atoms with Gasteiger partial charge in [-0.1, -0.05) is 31.2 Å². The number of aryl methyl sites for hydroxylation is 2. The van der Waals surface area contributed by atoms with E-state index in [0.717, 1.165) is 37.2 Å². The summed E-state index contributed by atoms with van der Waals surface area (Å²) in [5.41, 5.74) is 4.97. The van der Waals surface area contributed by atoms with E-state index in [2.05, 4.69) is 35.3 Å². The van der Waals surface area contributed by atoms with Gasteiger partial charge in [-0.3, -0.25) is 0 Å². The number of nitrogens with zero attached hydrogens (tertiary/aromatic N) is 1. The number of rotatable bonds is 8. The van der Waals surface area contributed by atoms with Gasteiger partial charge in [0.25, 0.3) is 0 Å². The first-order chi connectivity index (χ1) is 13.1. The van der Waals surface area contributed by atoms with Crippen molar-refractivity contribution in [2.24, 2.45) is 0 Å². The predicted octanol–water partition coefficient (Wildman–Crippen LogP) is 0.287. The summed E-state index contributed by atoms with van der Waals surface area (Å²) in [6.45, 7) is 4.82. The molecule has 144 valence electrons. The maximum atomic E-state index is 14.2. The number of aliphatic carboxylic acids is 1. The van der Waals surface area contributed by atoms with E-state index in [9.17, 15) is 14.3 Å². The molecule has 0 bridgehead atoms. The molecule has 28 heavy (non-hydrogen) atoms. The molecule has 0 saturated heterocycles. The fourth-order valence-electron chi connectivity index (χ4n) is 3.71. The Morgan fingerprint density at radius 3 is 2.82 bits per heavy atom. The molecular formula is C22H26FN2NaO2. The molecular weight excluding hydrogens is 366 g/mol. The van der Waals surface area contributed by atoms with E-state index in [1.165, 1.54) is 23.7 Å². The minimum absolute atomic E-state index is 0. The van der Waals surface area contributed by atoms with Crippen LogP contribution >= 0.6 is 0 Å². The van der Waals surface area contributed by atoms with Gasteiger partial charge in [-0.2, -0.15) is 0 Å². The second-order valence-electron chi connectivity index (χ2n) is 7.06. The van der Waals surface area contributed by atoms with Crippen LogP contribution in [0.25, 0.3) is 0 Å². The molecule has 0 saturated carbocycles. The smallest absolute Gasteiger partial charge is 0.550 e. The Balaban J connectivity index is 0.00000280. The van der Waals surface area contributed by atoms with Gasteiger partial charge in [-0.15, -0.1) is 0 Å². The fourth-order valence-corrected chi connectivity index (χ4v) is 3.71. The molecule has 0 fully saturated rings. The Morgan fingerprint density at radius 2 is 2.11 bits per heavy atom. The van der Waals surface area contributed by atoms with Crippen LogP contribution in [0.5, 0.6) is 0 Å². The number of carbonyl (C=O) groups excluding carboxylic acids is 1. The normalized spacial score (nSPS) is 12.9. The van der Waals surface area contributed by atoms with Crippen molar-refractivity contribution >= 4 is 17.3 Å². The van der Waals surface area contributed by atoms with Crippen molar-refractivity contribution < 1.29 is 43.8 Å². The maximum absolute atomic E-state index is 14.2. The van der Waals surface area contributed by atoms with E-state index in [-0.39, 0.29) is 48.2 Å². The van der Waals surface area contributed by atoms with Gasteiger partial charge in [0.1, 0.15) is 5.82 Å². The molecule has 1 aliphatic rings. The molecule has 0 aliphatic carbocycles. The molecule has 3 rings (SSSR count). The van der Waals surface area contributed by atoms with E-state index in [0.29, 0.717) is 12.1 Å². The Labute approximate surface area is 188 Å². The largest absolute Gasteiger partial charge is 1.00 e. The first kappa shape index (κ1) is 22.7. The molecule has 1 heterocycles. The van der Waals surface area contributed by atoms with Crippen LogP contribution < -0.4 is 44.9 Å². The van der Waals surface area contributed by atoms with Crippen LogP contribution in [-0.4, -0.2) is 19.1 Å². The monoisotopic (exact) mass is 392 g/mol. The summed E-state index contributed by atoms with van der Waals surface area (Å²) in [7, 11) is 0.